The van der Waals surface area contributed by atoms with Gasteiger partial charge in [0.15, 0.2) is 10.8 Å². The number of allylic oxidation sites excluding steroid dienone is 1. The first-order valence-corrected chi connectivity index (χ1v) is 13.4. The van der Waals surface area contributed by atoms with Crippen molar-refractivity contribution >= 4 is 57.6 Å². The third-order valence-corrected chi connectivity index (χ3v) is 8.07. The molecule has 3 amide bonds. The fourth-order valence-electron chi connectivity index (χ4n) is 3.87. The molecule has 1 fully saturated rings. The van der Waals surface area contributed by atoms with E-state index in [4.69, 9.17) is 16.3 Å². The summed E-state index contributed by atoms with van der Waals surface area (Å²) in [6.07, 6.45) is 6.52. The standard InChI is InChI=1S/C23H29N7O6S2/c1-4-30(2,10-6-8-15(24)31)9-5-7-13-11-37-21-17(20(33)29(21)18(13)22(34)35)27-19(32)16(28-36-3)14-12-38-23(25)26-14/h5-8,12,17,21H,4,9-11H2,1-3H3,(H5-,24,25,26,27,31,32,34,35)/b7-5+,8-6+,28-16-/t17-,21-,30?/m1/s1. The first-order chi connectivity index (χ1) is 18.0. The summed E-state index contributed by atoms with van der Waals surface area (Å²) in [7, 11) is 3.25. The Morgan fingerprint density at radius 2 is 2.08 bits per heavy atom. The molecule has 0 aliphatic carbocycles. The van der Waals surface area contributed by atoms with Crippen LogP contribution in [0, 0.1) is 0 Å². The lowest BCUT2D eigenvalue weighted by molar-refractivity contribution is -0.896. The Morgan fingerprint density at radius 3 is 2.66 bits per heavy atom. The molecule has 1 aromatic heterocycles. The van der Waals surface area contributed by atoms with Gasteiger partial charge in [0.25, 0.3) is 11.8 Å². The Hall–Kier alpha value is -3.69. The number of carbonyl (C=O) groups is 4. The molecule has 15 heteroatoms. The molecule has 3 atom stereocenters. The van der Waals surface area contributed by atoms with Crippen LogP contribution in [0.3, 0.4) is 0 Å². The second-order valence-electron chi connectivity index (χ2n) is 8.72. The zero-order valence-electron chi connectivity index (χ0n) is 21.1. The van der Waals surface area contributed by atoms with Gasteiger partial charge in [0.05, 0.1) is 38.3 Å². The largest absolute Gasteiger partial charge is 0.543 e. The second kappa shape index (κ2) is 12.2. The molecule has 3 rings (SSSR count). The Morgan fingerprint density at radius 1 is 1.37 bits per heavy atom. The number of likely N-dealkylation sites (N-methyl/N-ethyl adjacent to an activating group) is 1. The van der Waals surface area contributed by atoms with Gasteiger partial charge in [0.2, 0.25) is 5.91 Å². The molecule has 1 aromatic rings. The van der Waals surface area contributed by atoms with Crippen molar-refractivity contribution in [2.75, 3.05) is 45.3 Å². The Bertz CT molecular complexity index is 1240. The molecule has 204 valence electrons. The fraction of sp³-hybridized carbons (Fsp3) is 0.391. The molecule has 2 aliphatic rings. The van der Waals surface area contributed by atoms with E-state index >= 15 is 0 Å². The minimum atomic E-state index is -1.48. The minimum Gasteiger partial charge on any atom is -0.543 e. The number of hydrogen-bond donors (Lipinski definition) is 3. The third-order valence-electron chi connectivity index (χ3n) is 6.10. The molecule has 3 heterocycles. The van der Waals surface area contributed by atoms with Crippen molar-refractivity contribution in [3.8, 4) is 0 Å². The molecule has 5 N–H and O–H groups in total. The summed E-state index contributed by atoms with van der Waals surface area (Å²) in [6, 6.07) is -0.970. The number of hydrogen-bond acceptors (Lipinski definition) is 11. The van der Waals surface area contributed by atoms with Crippen LogP contribution in [0.15, 0.2) is 46.1 Å². The van der Waals surface area contributed by atoms with Gasteiger partial charge >= 0.3 is 0 Å². The fourth-order valence-corrected chi connectivity index (χ4v) is 5.73. The number of β-lactam (4-membered cyclic amide) rings is 1. The van der Waals surface area contributed by atoms with E-state index in [0.717, 1.165) is 22.8 Å². The predicted octanol–water partition coefficient (Wildman–Crippen LogP) is -1.46. The summed E-state index contributed by atoms with van der Waals surface area (Å²) >= 11 is 2.43. The van der Waals surface area contributed by atoms with Gasteiger partial charge in [0.1, 0.15) is 24.2 Å². The van der Waals surface area contributed by atoms with Crippen LogP contribution in [-0.2, 0) is 24.0 Å². The number of quaternary nitrogens is 1. The maximum atomic E-state index is 13.0. The number of aliphatic carboxylic acids is 1. The number of amides is 3. The minimum absolute atomic E-state index is 0.158. The molecular weight excluding hydrogens is 534 g/mol. The third kappa shape index (κ3) is 6.41. The maximum Gasteiger partial charge on any atom is 0.276 e. The van der Waals surface area contributed by atoms with Gasteiger partial charge in [0, 0.05) is 17.2 Å². The topological polar surface area (TPSA) is 193 Å². The van der Waals surface area contributed by atoms with Gasteiger partial charge in [-0.1, -0.05) is 11.2 Å². The number of anilines is 1. The molecule has 0 radical (unpaired) electrons. The number of nitrogen functional groups attached to an aromatic ring is 1. The van der Waals surface area contributed by atoms with Crippen molar-refractivity contribution < 1.29 is 33.6 Å². The van der Waals surface area contributed by atoms with Crippen molar-refractivity contribution in [2.24, 2.45) is 10.9 Å². The molecule has 1 unspecified atom stereocenters. The number of primary amides is 1. The van der Waals surface area contributed by atoms with Gasteiger partial charge in [-0.3, -0.25) is 19.3 Å². The SMILES string of the molecule is CC[N+](C)(C/C=C/C(N)=O)C/C=C/C1=C(C(=O)[O-])N2C(=O)[C@@H](NC(=O)/C(=N\OC)c3csc(N)n3)[C@H]2SC1. The molecule has 1 saturated heterocycles. The number of carbonyl (C=O) groups excluding carboxylic acids is 4. The number of thiazole rings is 1. The van der Waals surface area contributed by atoms with E-state index in [0.29, 0.717) is 28.9 Å². The zero-order chi connectivity index (χ0) is 28.0. The maximum absolute atomic E-state index is 13.0. The lowest BCUT2D eigenvalue weighted by atomic mass is 10.0. The van der Waals surface area contributed by atoms with E-state index < -0.39 is 35.1 Å². The highest BCUT2D eigenvalue weighted by Crippen LogP contribution is 2.40. The number of carboxylic acid groups (broad SMARTS) is 1. The number of fused-ring (bicyclic) bond motifs is 1. The average Bonchev–Trinajstić information content (AvgIpc) is 3.30. The van der Waals surface area contributed by atoms with Crippen LogP contribution in [0.5, 0.6) is 0 Å². The van der Waals surface area contributed by atoms with E-state index in [-0.39, 0.29) is 22.2 Å². The van der Waals surface area contributed by atoms with Crippen LogP contribution in [-0.4, -0.2) is 94.7 Å². The number of nitrogens with two attached hydrogens (primary N) is 2. The van der Waals surface area contributed by atoms with Gasteiger partial charge in [-0.15, -0.1) is 23.1 Å². The summed E-state index contributed by atoms with van der Waals surface area (Å²) < 4.78 is 0.552. The highest BCUT2D eigenvalue weighted by molar-refractivity contribution is 8.00. The summed E-state index contributed by atoms with van der Waals surface area (Å²) in [5, 5.41) is 19.5. The van der Waals surface area contributed by atoms with E-state index in [9.17, 15) is 24.3 Å². The van der Waals surface area contributed by atoms with Crippen molar-refractivity contribution in [2.45, 2.75) is 18.3 Å². The molecule has 2 aliphatic heterocycles. The number of thioether (sulfide) groups is 1. The molecule has 13 nitrogen and oxygen atoms in total. The highest BCUT2D eigenvalue weighted by Gasteiger charge is 2.53. The normalized spacial score (nSPS) is 21.3. The Balaban J connectivity index is 1.74. The van der Waals surface area contributed by atoms with Crippen LogP contribution in [0.2, 0.25) is 0 Å². The molecule has 0 bridgehead atoms. The van der Waals surface area contributed by atoms with E-state index in [1.807, 2.05) is 20.0 Å². The monoisotopic (exact) mass is 563 g/mol. The molecule has 0 spiro atoms. The van der Waals surface area contributed by atoms with Crippen LogP contribution >= 0.6 is 23.1 Å². The second-order valence-corrected chi connectivity index (χ2v) is 10.7. The molecule has 38 heavy (non-hydrogen) atoms. The number of rotatable bonds is 12. The van der Waals surface area contributed by atoms with Gasteiger partial charge < -0.3 is 36.0 Å². The quantitative estimate of drug-likeness (QED) is 0.0896. The highest BCUT2D eigenvalue weighted by atomic mass is 32.2. The smallest absolute Gasteiger partial charge is 0.276 e. The Kier molecular flexibility index (Phi) is 9.30. The van der Waals surface area contributed by atoms with Gasteiger partial charge in [-0.25, -0.2) is 4.98 Å². The lowest BCUT2D eigenvalue weighted by Crippen LogP contribution is -2.71. The summed E-state index contributed by atoms with van der Waals surface area (Å²) in [6.45, 7) is 3.86. The van der Waals surface area contributed by atoms with Gasteiger partial charge in [-0.2, -0.15) is 0 Å². The number of nitrogens with zero attached hydrogens (tertiary/aromatic N) is 4. The van der Waals surface area contributed by atoms with Crippen molar-refractivity contribution in [3.05, 3.63) is 46.6 Å². The number of nitrogens with one attached hydrogen (secondary N) is 1. The van der Waals surface area contributed by atoms with Crippen molar-refractivity contribution in [3.63, 3.8) is 0 Å². The molecule has 0 saturated carbocycles. The molecule has 0 aromatic carbocycles. The average molecular weight is 564 g/mol. The number of aromatic nitrogens is 1. The van der Waals surface area contributed by atoms with E-state index in [1.54, 1.807) is 12.2 Å². The van der Waals surface area contributed by atoms with Crippen LogP contribution in [0.1, 0.15) is 12.6 Å². The zero-order valence-corrected chi connectivity index (χ0v) is 22.7. The molecular formula is C23H29N7O6S2. The van der Waals surface area contributed by atoms with Crippen molar-refractivity contribution in [1.29, 1.82) is 0 Å². The first-order valence-electron chi connectivity index (χ1n) is 11.5. The lowest BCUT2D eigenvalue weighted by Gasteiger charge is -2.50. The van der Waals surface area contributed by atoms with Crippen LogP contribution in [0.4, 0.5) is 5.13 Å². The van der Waals surface area contributed by atoms with Gasteiger partial charge in [-0.05, 0) is 24.6 Å². The van der Waals surface area contributed by atoms with Crippen molar-refractivity contribution in [1.82, 2.24) is 15.2 Å². The predicted molar refractivity (Wildman–Crippen MR) is 141 cm³/mol. The van der Waals surface area contributed by atoms with E-state index in [1.165, 1.54) is 30.3 Å². The van der Waals surface area contributed by atoms with Crippen LogP contribution in [0.25, 0.3) is 0 Å². The summed E-state index contributed by atoms with van der Waals surface area (Å²) in [5.41, 5.74) is 11.0. The number of oxime groups is 1. The number of carboxylic acids is 1. The van der Waals surface area contributed by atoms with Crippen LogP contribution < -0.4 is 21.9 Å². The summed E-state index contributed by atoms with van der Waals surface area (Å²) in [4.78, 5) is 58.7. The summed E-state index contributed by atoms with van der Waals surface area (Å²) in [5.74, 6) is -3.00. The van der Waals surface area contributed by atoms with E-state index in [2.05, 4.69) is 15.5 Å². The Labute approximate surface area is 227 Å². The first kappa shape index (κ1) is 28.9.